The summed E-state index contributed by atoms with van der Waals surface area (Å²) in [6, 6.07) is 25.6. The van der Waals surface area contributed by atoms with E-state index in [2.05, 4.69) is 4.90 Å². The van der Waals surface area contributed by atoms with E-state index in [1.165, 1.54) is 18.6 Å². The van der Waals surface area contributed by atoms with E-state index in [0.29, 0.717) is 5.56 Å². The number of hydrogen-bond acceptors (Lipinski definition) is 5. The molecule has 1 saturated carbocycles. The van der Waals surface area contributed by atoms with Crippen LogP contribution in [0.15, 0.2) is 84.9 Å². The first-order valence-electron chi connectivity index (χ1n) is 11.9. The summed E-state index contributed by atoms with van der Waals surface area (Å²) in [7, 11) is 0. The number of Topliss-reactive ketones (excluding diaryl/α,β-unsaturated/α-hetero) is 1. The minimum atomic E-state index is -0.527. The fourth-order valence-corrected chi connectivity index (χ4v) is 5.34. The molecule has 2 fully saturated rings. The zero-order valence-electron chi connectivity index (χ0n) is 19.0. The monoisotopic (exact) mass is 456 g/mol. The summed E-state index contributed by atoms with van der Waals surface area (Å²) < 4.78 is 6.69. The summed E-state index contributed by atoms with van der Waals surface area (Å²) >= 11 is 0. The van der Waals surface area contributed by atoms with Gasteiger partial charge in [0.25, 0.3) is 5.69 Å². The number of nitro benzene ring substituents is 1. The highest BCUT2D eigenvalue weighted by atomic mass is 16.6. The Morgan fingerprint density at radius 1 is 0.824 bits per heavy atom. The fraction of sp³-hybridized carbons (Fsp3) is 0.321. The quantitative estimate of drug-likeness (QED) is 0.249. The first-order valence-corrected chi connectivity index (χ1v) is 11.9. The maximum Gasteiger partial charge on any atom is 0.269 e. The number of rotatable bonds is 6. The average molecular weight is 457 g/mol. The van der Waals surface area contributed by atoms with Gasteiger partial charge in [0.1, 0.15) is 18.4 Å². The number of nitrogens with zero attached hydrogens (tertiary/aromatic N) is 2. The fourth-order valence-electron chi connectivity index (χ4n) is 5.34. The van der Waals surface area contributed by atoms with Gasteiger partial charge in [-0.2, -0.15) is 0 Å². The van der Waals surface area contributed by atoms with Crippen LogP contribution in [0.4, 0.5) is 5.69 Å². The molecule has 0 bridgehead atoms. The van der Waals surface area contributed by atoms with Crippen molar-refractivity contribution in [2.24, 2.45) is 0 Å². The topological polar surface area (TPSA) is 72.7 Å². The molecule has 0 aromatic heterocycles. The van der Waals surface area contributed by atoms with Crippen molar-refractivity contribution < 1.29 is 14.5 Å². The molecule has 2 aliphatic rings. The predicted octanol–water partition coefficient (Wildman–Crippen LogP) is 6.25. The molecule has 1 heterocycles. The van der Waals surface area contributed by atoms with E-state index in [0.717, 1.165) is 36.8 Å². The molecular formula is C28H28N2O4. The predicted molar refractivity (Wildman–Crippen MR) is 129 cm³/mol. The number of benzene rings is 3. The van der Waals surface area contributed by atoms with Gasteiger partial charge in [-0.05, 0) is 36.1 Å². The van der Waals surface area contributed by atoms with Crippen LogP contribution in [-0.4, -0.2) is 27.7 Å². The Kier molecular flexibility index (Phi) is 6.52. The lowest BCUT2D eigenvalue weighted by Gasteiger charge is -2.37. The Labute approximate surface area is 199 Å². The molecule has 0 radical (unpaired) electrons. The van der Waals surface area contributed by atoms with Crippen molar-refractivity contribution in [3.05, 3.63) is 112 Å². The number of ether oxygens (including phenoxy) is 1. The van der Waals surface area contributed by atoms with Crippen molar-refractivity contribution in [3.8, 4) is 0 Å². The largest absolute Gasteiger partial charge is 0.349 e. The third kappa shape index (κ3) is 4.39. The molecule has 174 valence electrons. The van der Waals surface area contributed by atoms with Gasteiger partial charge >= 0.3 is 0 Å². The Hall–Kier alpha value is -3.35. The first kappa shape index (κ1) is 22.4. The van der Waals surface area contributed by atoms with Gasteiger partial charge in [0.15, 0.2) is 5.78 Å². The van der Waals surface area contributed by atoms with Crippen LogP contribution in [0.1, 0.15) is 65.9 Å². The van der Waals surface area contributed by atoms with Gasteiger partial charge in [-0.15, -0.1) is 0 Å². The maximum atomic E-state index is 14.0. The number of carbonyl (C=O) groups excluding carboxylic acids is 1. The van der Waals surface area contributed by atoms with Crippen molar-refractivity contribution in [1.82, 2.24) is 4.90 Å². The highest BCUT2D eigenvalue weighted by molar-refractivity contribution is 6.00. The summed E-state index contributed by atoms with van der Waals surface area (Å²) in [5, 5.41) is 11.2. The SMILES string of the molecule is O=C(c1ccccc1)[C@H]1[C@H](c2ccc([N+](=O)[O-])cc2)O[C@H](c2ccccc2)N1C1CCCCC1. The molecule has 3 aromatic rings. The van der Waals surface area contributed by atoms with Crippen LogP contribution in [0, 0.1) is 10.1 Å². The van der Waals surface area contributed by atoms with Crippen molar-refractivity contribution >= 4 is 11.5 Å². The summed E-state index contributed by atoms with van der Waals surface area (Å²) in [6.07, 6.45) is 4.65. The summed E-state index contributed by atoms with van der Waals surface area (Å²) in [6.45, 7) is 0. The lowest BCUT2D eigenvalue weighted by atomic mass is 9.88. The van der Waals surface area contributed by atoms with Crippen molar-refractivity contribution in [2.75, 3.05) is 0 Å². The lowest BCUT2D eigenvalue weighted by Crippen LogP contribution is -2.47. The molecular weight excluding hydrogens is 428 g/mol. The third-order valence-electron chi connectivity index (χ3n) is 6.99. The van der Waals surface area contributed by atoms with E-state index >= 15 is 0 Å². The lowest BCUT2D eigenvalue weighted by molar-refractivity contribution is -0.384. The van der Waals surface area contributed by atoms with Crippen LogP contribution in [-0.2, 0) is 4.74 Å². The van der Waals surface area contributed by atoms with Gasteiger partial charge in [-0.3, -0.25) is 19.8 Å². The molecule has 1 aliphatic heterocycles. The second kappa shape index (κ2) is 9.87. The van der Waals surface area contributed by atoms with Gasteiger partial charge in [0, 0.05) is 23.7 Å². The molecule has 0 N–H and O–H groups in total. The van der Waals surface area contributed by atoms with Gasteiger partial charge in [0.2, 0.25) is 0 Å². The van der Waals surface area contributed by atoms with Crippen molar-refractivity contribution in [3.63, 3.8) is 0 Å². The van der Waals surface area contributed by atoms with Crippen LogP contribution in [0.5, 0.6) is 0 Å². The molecule has 0 amide bonds. The number of non-ortho nitro benzene ring substituents is 1. The van der Waals surface area contributed by atoms with E-state index in [1.807, 2.05) is 60.7 Å². The van der Waals surface area contributed by atoms with E-state index in [9.17, 15) is 14.9 Å². The second-order valence-electron chi connectivity index (χ2n) is 9.08. The zero-order chi connectivity index (χ0) is 23.5. The summed E-state index contributed by atoms with van der Waals surface area (Å²) in [5.74, 6) is 0.0213. The summed E-state index contributed by atoms with van der Waals surface area (Å²) in [5.41, 5.74) is 2.47. The van der Waals surface area contributed by atoms with Crippen LogP contribution in [0.25, 0.3) is 0 Å². The van der Waals surface area contributed by atoms with E-state index in [-0.39, 0.29) is 23.7 Å². The molecule has 34 heavy (non-hydrogen) atoms. The molecule has 6 nitrogen and oxygen atoms in total. The highest BCUT2D eigenvalue weighted by Gasteiger charge is 2.50. The normalized spacial score (nSPS) is 23.6. The maximum absolute atomic E-state index is 14.0. The van der Waals surface area contributed by atoms with Crippen molar-refractivity contribution in [1.29, 1.82) is 0 Å². The minimum Gasteiger partial charge on any atom is -0.349 e. The number of carbonyl (C=O) groups is 1. The van der Waals surface area contributed by atoms with Gasteiger partial charge in [0.05, 0.1) is 4.92 Å². The van der Waals surface area contributed by atoms with Crippen molar-refractivity contribution in [2.45, 2.75) is 56.5 Å². The van der Waals surface area contributed by atoms with Gasteiger partial charge in [-0.25, -0.2) is 0 Å². The molecule has 5 rings (SSSR count). The number of hydrogen-bond donors (Lipinski definition) is 0. The molecule has 1 saturated heterocycles. The Bertz CT molecular complexity index is 1130. The van der Waals surface area contributed by atoms with E-state index < -0.39 is 17.1 Å². The van der Waals surface area contributed by atoms with Gasteiger partial charge < -0.3 is 4.74 Å². The molecule has 6 heteroatoms. The van der Waals surface area contributed by atoms with Crippen LogP contribution >= 0.6 is 0 Å². The van der Waals surface area contributed by atoms with Crippen LogP contribution < -0.4 is 0 Å². The molecule has 3 aromatic carbocycles. The molecule has 3 atom stereocenters. The van der Waals surface area contributed by atoms with E-state index in [1.54, 1.807) is 12.1 Å². The zero-order valence-corrected chi connectivity index (χ0v) is 19.0. The second-order valence-corrected chi connectivity index (χ2v) is 9.08. The smallest absolute Gasteiger partial charge is 0.269 e. The highest BCUT2D eigenvalue weighted by Crippen LogP contribution is 2.47. The van der Waals surface area contributed by atoms with Crippen LogP contribution in [0.2, 0.25) is 0 Å². The Morgan fingerprint density at radius 3 is 2.06 bits per heavy atom. The van der Waals surface area contributed by atoms with E-state index in [4.69, 9.17) is 4.74 Å². The number of nitro groups is 1. The van der Waals surface area contributed by atoms with Gasteiger partial charge in [-0.1, -0.05) is 79.9 Å². The number of ketones is 1. The third-order valence-corrected chi connectivity index (χ3v) is 6.99. The van der Waals surface area contributed by atoms with Crippen LogP contribution in [0.3, 0.4) is 0 Å². The molecule has 0 unspecified atom stereocenters. The Morgan fingerprint density at radius 2 is 1.44 bits per heavy atom. The summed E-state index contributed by atoms with van der Waals surface area (Å²) in [4.78, 5) is 27.1. The standard InChI is InChI=1S/C28H28N2O4/c31-26(20-10-4-1-5-11-20)25-27(21-16-18-24(19-17-21)30(32)33)34-28(22-12-6-2-7-13-22)29(25)23-14-8-3-9-15-23/h1-2,4-7,10-13,16-19,23,25,27-28H,3,8-9,14-15H2/t25-,27-,28+/m0/s1. The minimum absolute atomic E-state index is 0.0213. The molecule has 0 spiro atoms. The average Bonchev–Trinajstić information content (AvgIpc) is 3.30. The molecule has 1 aliphatic carbocycles. The Balaban J connectivity index is 1.60. The first-order chi connectivity index (χ1) is 16.6.